The Labute approximate surface area is 146 Å². The van der Waals surface area contributed by atoms with Crippen LogP contribution >= 0.6 is 0 Å². The zero-order valence-corrected chi connectivity index (χ0v) is 14.1. The van der Waals surface area contributed by atoms with E-state index in [1.54, 1.807) is 13.2 Å². The Kier molecular flexibility index (Phi) is 5.28. The first kappa shape index (κ1) is 17.0. The summed E-state index contributed by atoms with van der Waals surface area (Å²) in [5.74, 6) is 0.374. The monoisotopic (exact) mass is 339 g/mol. The maximum absolute atomic E-state index is 12.3. The standard InChI is InChI=1S/C19H21N3O3/c1-25-17-5-3-2-4-13(17)8-9-21-18(23)14-10-15(12-20-11-14)19(24)22-16-6-7-16/h2-5,10-12,16H,6-9H2,1H3,(H,21,23)(H,22,24). The summed E-state index contributed by atoms with van der Waals surface area (Å²) < 4.78 is 5.30. The van der Waals surface area contributed by atoms with E-state index in [1.807, 2.05) is 24.3 Å². The lowest BCUT2D eigenvalue weighted by atomic mass is 10.1. The highest BCUT2D eigenvalue weighted by Crippen LogP contribution is 2.19. The molecule has 0 atom stereocenters. The van der Waals surface area contributed by atoms with Gasteiger partial charge in [0.1, 0.15) is 5.75 Å². The molecule has 0 spiro atoms. The lowest BCUT2D eigenvalue weighted by molar-refractivity contribution is 0.0950. The van der Waals surface area contributed by atoms with Crippen LogP contribution in [-0.4, -0.2) is 36.5 Å². The van der Waals surface area contributed by atoms with Gasteiger partial charge in [0.25, 0.3) is 11.8 Å². The number of hydrogen-bond donors (Lipinski definition) is 2. The Morgan fingerprint density at radius 3 is 2.60 bits per heavy atom. The van der Waals surface area contributed by atoms with Gasteiger partial charge in [0.15, 0.2) is 0 Å². The van der Waals surface area contributed by atoms with Crippen molar-refractivity contribution in [1.29, 1.82) is 0 Å². The molecule has 1 aromatic carbocycles. The smallest absolute Gasteiger partial charge is 0.253 e. The van der Waals surface area contributed by atoms with Crippen molar-refractivity contribution in [2.45, 2.75) is 25.3 Å². The summed E-state index contributed by atoms with van der Waals surface area (Å²) in [7, 11) is 1.63. The van der Waals surface area contributed by atoms with Gasteiger partial charge < -0.3 is 15.4 Å². The first-order valence-corrected chi connectivity index (χ1v) is 8.33. The van der Waals surface area contributed by atoms with Crippen molar-refractivity contribution in [2.24, 2.45) is 0 Å². The molecule has 0 bridgehead atoms. The van der Waals surface area contributed by atoms with Crippen molar-refractivity contribution in [3.05, 3.63) is 59.4 Å². The number of rotatable bonds is 7. The molecule has 6 heteroatoms. The van der Waals surface area contributed by atoms with Crippen LogP contribution in [0.1, 0.15) is 39.1 Å². The lowest BCUT2D eigenvalue weighted by Crippen LogP contribution is -2.28. The Balaban J connectivity index is 1.56. The molecule has 1 fully saturated rings. The molecule has 1 saturated carbocycles. The SMILES string of the molecule is COc1ccccc1CCNC(=O)c1cncc(C(=O)NC2CC2)c1. The van der Waals surface area contributed by atoms with E-state index in [0.717, 1.165) is 24.2 Å². The molecule has 1 aliphatic rings. The van der Waals surface area contributed by atoms with Crippen LogP contribution in [0, 0.1) is 0 Å². The number of ether oxygens (including phenoxy) is 1. The number of methoxy groups -OCH3 is 1. The van der Waals surface area contributed by atoms with Gasteiger partial charge in [0, 0.05) is 25.0 Å². The van der Waals surface area contributed by atoms with Crippen LogP contribution in [-0.2, 0) is 6.42 Å². The first-order chi connectivity index (χ1) is 12.2. The number of carbonyl (C=O) groups is 2. The van der Waals surface area contributed by atoms with Gasteiger partial charge in [0.2, 0.25) is 0 Å². The summed E-state index contributed by atoms with van der Waals surface area (Å²) in [6.07, 6.45) is 5.63. The van der Waals surface area contributed by atoms with Crippen molar-refractivity contribution in [2.75, 3.05) is 13.7 Å². The molecule has 2 amide bonds. The highest BCUT2D eigenvalue weighted by Gasteiger charge is 2.24. The van der Waals surface area contributed by atoms with Crippen LogP contribution in [0.2, 0.25) is 0 Å². The topological polar surface area (TPSA) is 80.3 Å². The average molecular weight is 339 g/mol. The Morgan fingerprint density at radius 1 is 1.16 bits per heavy atom. The molecule has 130 valence electrons. The third kappa shape index (κ3) is 4.56. The minimum absolute atomic E-state index is 0.182. The number of pyridine rings is 1. The van der Waals surface area contributed by atoms with E-state index >= 15 is 0 Å². The molecule has 2 N–H and O–H groups in total. The van der Waals surface area contributed by atoms with E-state index < -0.39 is 0 Å². The fourth-order valence-corrected chi connectivity index (χ4v) is 2.51. The Bertz CT molecular complexity index is 772. The maximum atomic E-state index is 12.3. The first-order valence-electron chi connectivity index (χ1n) is 8.33. The molecular formula is C19H21N3O3. The van der Waals surface area contributed by atoms with Crippen LogP contribution in [0.3, 0.4) is 0 Å². The maximum Gasteiger partial charge on any atom is 0.253 e. The van der Waals surface area contributed by atoms with Crippen LogP contribution in [0.15, 0.2) is 42.7 Å². The summed E-state index contributed by atoms with van der Waals surface area (Å²) in [5, 5.41) is 5.74. The largest absolute Gasteiger partial charge is 0.496 e. The molecule has 25 heavy (non-hydrogen) atoms. The minimum atomic E-state index is -0.247. The molecule has 0 aliphatic heterocycles. The second-order valence-electron chi connectivity index (χ2n) is 6.03. The number of benzene rings is 1. The van der Waals surface area contributed by atoms with Crippen molar-refractivity contribution in [1.82, 2.24) is 15.6 Å². The summed E-state index contributed by atoms with van der Waals surface area (Å²) in [6.45, 7) is 0.470. The van der Waals surface area contributed by atoms with E-state index in [0.29, 0.717) is 24.1 Å². The van der Waals surface area contributed by atoms with Gasteiger partial charge in [-0.2, -0.15) is 0 Å². The zero-order chi connectivity index (χ0) is 17.6. The van der Waals surface area contributed by atoms with Gasteiger partial charge in [-0.3, -0.25) is 14.6 Å². The van der Waals surface area contributed by atoms with Gasteiger partial charge in [-0.05, 0) is 37.0 Å². The van der Waals surface area contributed by atoms with Gasteiger partial charge >= 0.3 is 0 Å². The third-order valence-electron chi connectivity index (χ3n) is 4.05. The van der Waals surface area contributed by atoms with Crippen molar-refractivity contribution in [3.8, 4) is 5.75 Å². The number of amides is 2. The van der Waals surface area contributed by atoms with E-state index in [9.17, 15) is 9.59 Å². The normalized spacial score (nSPS) is 13.2. The zero-order valence-electron chi connectivity index (χ0n) is 14.1. The number of nitrogens with one attached hydrogen (secondary N) is 2. The summed E-state index contributed by atoms with van der Waals surface area (Å²) in [5.41, 5.74) is 1.81. The summed E-state index contributed by atoms with van der Waals surface area (Å²) in [4.78, 5) is 28.3. The quantitative estimate of drug-likeness (QED) is 0.808. The van der Waals surface area contributed by atoms with E-state index in [-0.39, 0.29) is 17.9 Å². The third-order valence-corrected chi connectivity index (χ3v) is 4.05. The molecule has 6 nitrogen and oxygen atoms in total. The molecule has 3 rings (SSSR count). The Morgan fingerprint density at radius 2 is 1.88 bits per heavy atom. The second kappa shape index (κ2) is 7.79. The fourth-order valence-electron chi connectivity index (χ4n) is 2.51. The number of nitrogens with zero attached hydrogens (tertiary/aromatic N) is 1. The highest BCUT2D eigenvalue weighted by atomic mass is 16.5. The molecule has 0 radical (unpaired) electrons. The highest BCUT2D eigenvalue weighted by molar-refractivity contribution is 5.99. The van der Waals surface area contributed by atoms with Gasteiger partial charge in [-0.1, -0.05) is 18.2 Å². The molecular weight excluding hydrogens is 318 g/mol. The molecule has 1 heterocycles. The lowest BCUT2D eigenvalue weighted by Gasteiger charge is -2.09. The van der Waals surface area contributed by atoms with Crippen LogP contribution in [0.4, 0.5) is 0 Å². The molecule has 0 saturated heterocycles. The van der Waals surface area contributed by atoms with Crippen LogP contribution < -0.4 is 15.4 Å². The second-order valence-corrected chi connectivity index (χ2v) is 6.03. The predicted molar refractivity (Wildman–Crippen MR) is 93.8 cm³/mol. The number of carbonyl (C=O) groups excluding carboxylic acids is 2. The fraction of sp³-hybridized carbons (Fsp3) is 0.316. The van der Waals surface area contributed by atoms with Crippen LogP contribution in [0.25, 0.3) is 0 Å². The summed E-state index contributed by atoms with van der Waals surface area (Å²) >= 11 is 0. The molecule has 0 unspecified atom stereocenters. The number of aromatic nitrogens is 1. The average Bonchev–Trinajstić information content (AvgIpc) is 3.46. The number of para-hydroxylation sites is 1. The van der Waals surface area contributed by atoms with E-state index in [2.05, 4.69) is 15.6 Å². The minimum Gasteiger partial charge on any atom is -0.496 e. The molecule has 1 aliphatic carbocycles. The van der Waals surface area contributed by atoms with E-state index in [1.165, 1.54) is 12.4 Å². The van der Waals surface area contributed by atoms with Crippen molar-refractivity contribution >= 4 is 11.8 Å². The van der Waals surface area contributed by atoms with Crippen molar-refractivity contribution in [3.63, 3.8) is 0 Å². The number of hydrogen-bond acceptors (Lipinski definition) is 4. The van der Waals surface area contributed by atoms with Crippen LogP contribution in [0.5, 0.6) is 5.75 Å². The van der Waals surface area contributed by atoms with E-state index in [4.69, 9.17) is 4.74 Å². The molecule has 1 aromatic heterocycles. The molecule has 2 aromatic rings. The van der Waals surface area contributed by atoms with Gasteiger partial charge in [0.05, 0.1) is 18.2 Å². The van der Waals surface area contributed by atoms with Gasteiger partial charge in [-0.25, -0.2) is 0 Å². The predicted octanol–water partition coefficient (Wildman–Crippen LogP) is 1.95. The van der Waals surface area contributed by atoms with Crippen molar-refractivity contribution < 1.29 is 14.3 Å². The van der Waals surface area contributed by atoms with Gasteiger partial charge in [-0.15, -0.1) is 0 Å². The summed E-state index contributed by atoms with van der Waals surface area (Å²) in [6, 6.07) is 9.54. The Hall–Kier alpha value is -2.89.